The van der Waals surface area contributed by atoms with E-state index < -0.39 is 0 Å². The Labute approximate surface area is 139 Å². The Bertz CT molecular complexity index is 668. The molecule has 0 fully saturated rings. The van der Waals surface area contributed by atoms with E-state index in [-0.39, 0.29) is 35.9 Å². The van der Waals surface area contributed by atoms with Gasteiger partial charge in [-0.15, -0.1) is 0 Å². The number of phenols is 1. The molecule has 7 heteroatoms. The van der Waals surface area contributed by atoms with Crippen LogP contribution < -0.4 is 0 Å². The molecule has 0 aliphatic rings. The number of aromatic hydroxyl groups is 1. The van der Waals surface area contributed by atoms with Crippen LogP contribution in [-0.4, -0.2) is 5.11 Å². The molecule has 0 radical (unpaired) electrons. The van der Waals surface area contributed by atoms with E-state index >= 15 is 0 Å². The summed E-state index contributed by atoms with van der Waals surface area (Å²) in [4.78, 5) is 0. The minimum Gasteiger partial charge on any atom is -0.506 e. The van der Waals surface area contributed by atoms with Crippen LogP contribution in [0.15, 0.2) is 18.2 Å². The first-order valence-corrected chi connectivity index (χ1v) is 7.11. The molecule has 0 saturated carbocycles. The molecular formula is C12H4Cl6O. The first-order valence-electron chi connectivity index (χ1n) is 4.85. The van der Waals surface area contributed by atoms with Crippen molar-refractivity contribution < 1.29 is 5.11 Å². The Balaban J connectivity index is 2.77. The number of rotatable bonds is 1. The van der Waals surface area contributed by atoms with E-state index in [9.17, 15) is 5.11 Å². The van der Waals surface area contributed by atoms with Gasteiger partial charge in [0.05, 0.1) is 25.1 Å². The first-order chi connectivity index (χ1) is 8.84. The fourth-order valence-corrected chi connectivity index (χ4v) is 2.85. The standard InChI is InChI=1S/C12H4Cl6O/c13-6-3-5(9(15)12(18)10(6)16)4-1-2-7(19)11(17)8(4)14/h1-3,19H. The largest absolute Gasteiger partial charge is 0.506 e. The maximum Gasteiger partial charge on any atom is 0.135 e. The Morgan fingerprint density at radius 3 is 1.84 bits per heavy atom. The SMILES string of the molecule is Oc1ccc(-c2cc(Cl)c(Cl)c(Cl)c2Cl)c(Cl)c1Cl. The number of hydrogen-bond acceptors (Lipinski definition) is 1. The van der Waals surface area contributed by atoms with Gasteiger partial charge in [0, 0.05) is 11.1 Å². The van der Waals surface area contributed by atoms with E-state index in [2.05, 4.69) is 0 Å². The molecule has 0 bridgehead atoms. The minimum absolute atomic E-state index is 0.0254. The second-order valence-electron chi connectivity index (χ2n) is 3.61. The molecule has 2 aromatic rings. The second kappa shape index (κ2) is 5.77. The summed E-state index contributed by atoms with van der Waals surface area (Å²) in [5.74, 6) is -0.127. The molecule has 0 atom stereocenters. The fourth-order valence-electron chi connectivity index (χ4n) is 1.52. The summed E-state index contributed by atoms with van der Waals surface area (Å²) in [7, 11) is 0. The van der Waals surface area contributed by atoms with Crippen molar-refractivity contribution in [2.45, 2.75) is 0 Å². The van der Waals surface area contributed by atoms with Crippen molar-refractivity contribution in [1.29, 1.82) is 0 Å². The zero-order chi connectivity index (χ0) is 14.3. The van der Waals surface area contributed by atoms with Gasteiger partial charge >= 0.3 is 0 Å². The highest BCUT2D eigenvalue weighted by Gasteiger charge is 2.18. The molecular weight excluding hydrogens is 373 g/mol. The van der Waals surface area contributed by atoms with E-state index in [0.29, 0.717) is 11.1 Å². The highest BCUT2D eigenvalue weighted by atomic mass is 35.5. The number of halogens is 6. The lowest BCUT2D eigenvalue weighted by Gasteiger charge is -2.12. The highest BCUT2D eigenvalue weighted by molar-refractivity contribution is 6.53. The van der Waals surface area contributed by atoms with E-state index in [0.717, 1.165) is 0 Å². The molecule has 2 aromatic carbocycles. The van der Waals surface area contributed by atoms with Crippen molar-refractivity contribution in [2.24, 2.45) is 0 Å². The molecule has 0 heterocycles. The maximum absolute atomic E-state index is 9.47. The van der Waals surface area contributed by atoms with E-state index in [1.807, 2.05) is 0 Å². The average molecular weight is 377 g/mol. The Morgan fingerprint density at radius 1 is 0.632 bits per heavy atom. The molecule has 0 spiro atoms. The summed E-state index contributed by atoms with van der Waals surface area (Å²) >= 11 is 35.9. The van der Waals surface area contributed by atoms with Crippen LogP contribution in [0.5, 0.6) is 5.75 Å². The van der Waals surface area contributed by atoms with Gasteiger partial charge in [0.25, 0.3) is 0 Å². The summed E-state index contributed by atoms with van der Waals surface area (Å²) in [5, 5.41) is 10.4. The zero-order valence-electron chi connectivity index (χ0n) is 8.95. The van der Waals surface area contributed by atoms with Crippen LogP contribution in [-0.2, 0) is 0 Å². The number of hydrogen-bond donors (Lipinski definition) is 1. The lowest BCUT2D eigenvalue weighted by Crippen LogP contribution is -1.86. The van der Waals surface area contributed by atoms with Crippen molar-refractivity contribution in [3.05, 3.63) is 48.3 Å². The molecule has 0 aliphatic heterocycles. The van der Waals surface area contributed by atoms with Crippen LogP contribution in [0.2, 0.25) is 30.1 Å². The third kappa shape index (κ3) is 2.73. The van der Waals surface area contributed by atoms with E-state index in [1.165, 1.54) is 12.1 Å². The predicted octanol–water partition coefficient (Wildman–Crippen LogP) is 6.98. The van der Waals surface area contributed by atoms with Crippen molar-refractivity contribution in [2.75, 3.05) is 0 Å². The van der Waals surface area contributed by atoms with Crippen molar-refractivity contribution >= 4 is 69.6 Å². The third-order valence-electron chi connectivity index (χ3n) is 2.45. The summed E-state index contributed by atoms with van der Waals surface area (Å²) < 4.78 is 0. The van der Waals surface area contributed by atoms with E-state index in [4.69, 9.17) is 69.6 Å². The number of benzene rings is 2. The van der Waals surface area contributed by atoms with Crippen molar-refractivity contribution in [3.63, 3.8) is 0 Å². The average Bonchev–Trinajstić information content (AvgIpc) is 2.39. The molecule has 2 rings (SSSR count). The van der Waals surface area contributed by atoms with Gasteiger partial charge in [0.15, 0.2) is 0 Å². The highest BCUT2D eigenvalue weighted by Crippen LogP contribution is 2.46. The molecule has 1 nitrogen and oxygen atoms in total. The molecule has 19 heavy (non-hydrogen) atoms. The summed E-state index contributed by atoms with van der Waals surface area (Å²) in [6.45, 7) is 0. The first kappa shape index (κ1) is 15.4. The van der Waals surface area contributed by atoms with Gasteiger partial charge in [-0.3, -0.25) is 0 Å². The molecule has 1 N–H and O–H groups in total. The van der Waals surface area contributed by atoms with Crippen LogP contribution in [0.1, 0.15) is 0 Å². The molecule has 100 valence electrons. The lowest BCUT2D eigenvalue weighted by atomic mass is 10.1. The smallest absolute Gasteiger partial charge is 0.135 e. The van der Waals surface area contributed by atoms with Gasteiger partial charge in [-0.2, -0.15) is 0 Å². The van der Waals surface area contributed by atoms with Gasteiger partial charge in [-0.25, -0.2) is 0 Å². The van der Waals surface area contributed by atoms with E-state index in [1.54, 1.807) is 6.07 Å². The summed E-state index contributed by atoms with van der Waals surface area (Å²) in [5.41, 5.74) is 0.975. The van der Waals surface area contributed by atoms with Crippen LogP contribution >= 0.6 is 69.6 Å². The van der Waals surface area contributed by atoms with Crippen LogP contribution in [0.3, 0.4) is 0 Å². The molecule has 0 saturated heterocycles. The van der Waals surface area contributed by atoms with Crippen molar-refractivity contribution in [1.82, 2.24) is 0 Å². The fraction of sp³-hybridized carbons (Fsp3) is 0. The second-order valence-corrected chi connectivity index (χ2v) is 5.91. The lowest BCUT2D eigenvalue weighted by molar-refractivity contribution is 0.475. The molecule has 0 unspecified atom stereocenters. The third-order valence-corrected chi connectivity index (χ3v) is 5.08. The Hall–Kier alpha value is -0.0200. The monoisotopic (exact) mass is 374 g/mol. The normalized spacial score (nSPS) is 10.8. The molecule has 0 aromatic heterocycles. The molecule has 0 amide bonds. The Kier molecular flexibility index (Phi) is 4.67. The van der Waals surface area contributed by atoms with Gasteiger partial charge in [0.1, 0.15) is 10.8 Å². The maximum atomic E-state index is 9.47. The van der Waals surface area contributed by atoms with Gasteiger partial charge in [-0.1, -0.05) is 69.6 Å². The number of phenolic OH excluding ortho intramolecular Hbond substituents is 1. The van der Waals surface area contributed by atoms with Gasteiger partial charge in [0.2, 0.25) is 0 Å². The molecule has 0 aliphatic carbocycles. The van der Waals surface area contributed by atoms with Crippen LogP contribution in [0, 0.1) is 0 Å². The topological polar surface area (TPSA) is 20.2 Å². The Morgan fingerprint density at radius 2 is 1.21 bits per heavy atom. The zero-order valence-corrected chi connectivity index (χ0v) is 13.5. The van der Waals surface area contributed by atoms with Crippen molar-refractivity contribution in [3.8, 4) is 16.9 Å². The summed E-state index contributed by atoms with van der Waals surface area (Å²) in [6.07, 6.45) is 0. The van der Waals surface area contributed by atoms with Crippen LogP contribution in [0.25, 0.3) is 11.1 Å². The van der Waals surface area contributed by atoms with Gasteiger partial charge < -0.3 is 5.11 Å². The predicted molar refractivity (Wildman–Crippen MR) is 83.6 cm³/mol. The summed E-state index contributed by atoms with van der Waals surface area (Å²) in [6, 6.07) is 4.49. The van der Waals surface area contributed by atoms with Gasteiger partial charge in [-0.05, 0) is 18.2 Å². The quantitative estimate of drug-likeness (QED) is 0.420. The minimum atomic E-state index is -0.127. The van der Waals surface area contributed by atoms with Crippen LogP contribution in [0.4, 0.5) is 0 Å².